The molecule has 3 heteroatoms. The Morgan fingerprint density at radius 2 is 2.22 bits per heavy atom. The van der Waals surface area contributed by atoms with Crippen molar-refractivity contribution in [1.82, 2.24) is 4.90 Å². The van der Waals surface area contributed by atoms with Gasteiger partial charge in [-0.25, -0.2) is 0 Å². The molecule has 1 atom stereocenters. The highest BCUT2D eigenvalue weighted by molar-refractivity contribution is 5.39. The molecule has 3 nitrogen and oxygen atoms in total. The van der Waals surface area contributed by atoms with Crippen LogP contribution in [0.25, 0.3) is 0 Å². The molecule has 2 N–H and O–H groups in total. The lowest BCUT2D eigenvalue weighted by molar-refractivity contribution is 0.275. The van der Waals surface area contributed by atoms with Crippen LogP contribution >= 0.6 is 0 Å². The van der Waals surface area contributed by atoms with E-state index in [1.54, 1.807) is 0 Å². The third kappa shape index (κ3) is 3.03. The molecule has 1 aromatic rings. The van der Waals surface area contributed by atoms with E-state index in [1.165, 1.54) is 11.1 Å². The maximum Gasteiger partial charge on any atom is 0.122 e. The minimum Gasteiger partial charge on any atom is -0.493 e. The average Bonchev–Trinajstić information content (AvgIpc) is 2.38. The second-order valence-corrected chi connectivity index (χ2v) is 5.23. The van der Waals surface area contributed by atoms with Gasteiger partial charge in [-0.15, -0.1) is 0 Å². The number of ether oxygens (including phenoxy) is 1. The van der Waals surface area contributed by atoms with E-state index in [0.717, 1.165) is 44.6 Å². The molecule has 0 saturated heterocycles. The highest BCUT2D eigenvalue weighted by Crippen LogP contribution is 2.30. The van der Waals surface area contributed by atoms with Gasteiger partial charge in [-0.1, -0.05) is 12.1 Å². The summed E-state index contributed by atoms with van der Waals surface area (Å²) < 4.78 is 5.67. The maximum absolute atomic E-state index is 5.67. The Hall–Kier alpha value is -1.06. The summed E-state index contributed by atoms with van der Waals surface area (Å²) in [5.74, 6) is 1.07. The van der Waals surface area contributed by atoms with Gasteiger partial charge in [0.25, 0.3) is 0 Å². The molecule has 18 heavy (non-hydrogen) atoms. The SMILES string of the molecule is CN(C)C(CCCN)c1ccc2c(c1)CCCO2. The van der Waals surface area contributed by atoms with E-state index in [9.17, 15) is 0 Å². The summed E-state index contributed by atoms with van der Waals surface area (Å²) in [6, 6.07) is 7.10. The van der Waals surface area contributed by atoms with Gasteiger partial charge in [0.2, 0.25) is 0 Å². The van der Waals surface area contributed by atoms with Crippen molar-refractivity contribution in [3.8, 4) is 5.75 Å². The zero-order valence-corrected chi connectivity index (χ0v) is 11.5. The summed E-state index contributed by atoms with van der Waals surface area (Å²) >= 11 is 0. The smallest absolute Gasteiger partial charge is 0.122 e. The molecule has 0 spiro atoms. The number of hydrogen-bond donors (Lipinski definition) is 1. The second-order valence-electron chi connectivity index (χ2n) is 5.23. The van der Waals surface area contributed by atoms with Crippen LogP contribution in [0, 0.1) is 0 Å². The van der Waals surface area contributed by atoms with Gasteiger partial charge in [-0.05, 0) is 63.5 Å². The first-order valence-corrected chi connectivity index (χ1v) is 6.84. The van der Waals surface area contributed by atoms with Crippen LogP contribution in [0.2, 0.25) is 0 Å². The van der Waals surface area contributed by atoms with E-state index in [-0.39, 0.29) is 0 Å². The van der Waals surface area contributed by atoms with E-state index < -0.39 is 0 Å². The fourth-order valence-corrected chi connectivity index (χ4v) is 2.62. The molecule has 1 aliphatic rings. The molecular formula is C15H24N2O. The summed E-state index contributed by atoms with van der Waals surface area (Å²) in [6.07, 6.45) is 4.45. The van der Waals surface area contributed by atoms with Gasteiger partial charge in [-0.3, -0.25) is 0 Å². The van der Waals surface area contributed by atoms with Crippen molar-refractivity contribution in [3.05, 3.63) is 29.3 Å². The predicted octanol–water partition coefficient (Wildman–Crippen LogP) is 2.35. The zero-order chi connectivity index (χ0) is 13.0. The Morgan fingerprint density at radius 3 is 2.94 bits per heavy atom. The number of aryl methyl sites for hydroxylation is 1. The van der Waals surface area contributed by atoms with Gasteiger partial charge in [-0.2, -0.15) is 0 Å². The van der Waals surface area contributed by atoms with Gasteiger partial charge in [0, 0.05) is 6.04 Å². The molecule has 0 amide bonds. The Morgan fingerprint density at radius 1 is 1.39 bits per heavy atom. The van der Waals surface area contributed by atoms with Crippen molar-refractivity contribution < 1.29 is 4.74 Å². The van der Waals surface area contributed by atoms with Crippen molar-refractivity contribution in [2.45, 2.75) is 31.7 Å². The van der Waals surface area contributed by atoms with E-state index in [4.69, 9.17) is 10.5 Å². The monoisotopic (exact) mass is 248 g/mol. The van der Waals surface area contributed by atoms with Crippen LogP contribution in [0.15, 0.2) is 18.2 Å². The largest absolute Gasteiger partial charge is 0.493 e. The normalized spacial score (nSPS) is 16.2. The maximum atomic E-state index is 5.67. The molecule has 1 aromatic carbocycles. The summed E-state index contributed by atoms with van der Waals surface area (Å²) in [7, 11) is 4.27. The van der Waals surface area contributed by atoms with Crippen LogP contribution in [-0.2, 0) is 6.42 Å². The Balaban J connectivity index is 2.19. The fourth-order valence-electron chi connectivity index (χ4n) is 2.62. The minimum atomic E-state index is 0.459. The van der Waals surface area contributed by atoms with Crippen molar-refractivity contribution in [2.75, 3.05) is 27.2 Å². The molecule has 100 valence electrons. The molecule has 0 radical (unpaired) electrons. The van der Waals surface area contributed by atoms with E-state index in [2.05, 4.69) is 37.2 Å². The molecule has 0 saturated carbocycles. The third-order valence-corrected chi connectivity index (χ3v) is 3.62. The quantitative estimate of drug-likeness (QED) is 0.869. The Labute approximate surface area is 110 Å². The van der Waals surface area contributed by atoms with Crippen LogP contribution < -0.4 is 10.5 Å². The molecule has 1 aliphatic heterocycles. The molecular weight excluding hydrogens is 224 g/mol. The molecule has 0 aromatic heterocycles. The van der Waals surface area contributed by atoms with E-state index in [1.807, 2.05) is 0 Å². The number of fused-ring (bicyclic) bond motifs is 1. The molecule has 1 unspecified atom stereocenters. The van der Waals surface area contributed by atoms with Gasteiger partial charge in [0.15, 0.2) is 0 Å². The number of benzene rings is 1. The van der Waals surface area contributed by atoms with Gasteiger partial charge < -0.3 is 15.4 Å². The Bertz CT molecular complexity index is 390. The van der Waals surface area contributed by atoms with Crippen LogP contribution in [-0.4, -0.2) is 32.1 Å². The van der Waals surface area contributed by atoms with Crippen LogP contribution in [0.1, 0.15) is 36.4 Å². The van der Waals surface area contributed by atoms with Crippen molar-refractivity contribution in [2.24, 2.45) is 5.73 Å². The number of rotatable bonds is 5. The summed E-state index contributed by atoms with van der Waals surface area (Å²) in [5.41, 5.74) is 8.37. The first-order valence-electron chi connectivity index (χ1n) is 6.84. The summed E-state index contributed by atoms with van der Waals surface area (Å²) in [4.78, 5) is 2.28. The number of nitrogens with two attached hydrogens (primary N) is 1. The first kappa shape index (κ1) is 13.4. The van der Waals surface area contributed by atoms with Crippen LogP contribution in [0.3, 0.4) is 0 Å². The summed E-state index contributed by atoms with van der Waals surface area (Å²) in [5, 5.41) is 0. The molecule has 0 bridgehead atoms. The van der Waals surface area contributed by atoms with Gasteiger partial charge >= 0.3 is 0 Å². The highest BCUT2D eigenvalue weighted by Gasteiger charge is 2.17. The van der Waals surface area contributed by atoms with Gasteiger partial charge in [0.1, 0.15) is 5.75 Å². The minimum absolute atomic E-state index is 0.459. The topological polar surface area (TPSA) is 38.5 Å². The average molecular weight is 248 g/mol. The van der Waals surface area contributed by atoms with Crippen molar-refractivity contribution >= 4 is 0 Å². The lowest BCUT2D eigenvalue weighted by Gasteiger charge is -2.26. The predicted molar refractivity (Wildman–Crippen MR) is 75.0 cm³/mol. The molecule has 2 rings (SSSR count). The molecule has 0 aliphatic carbocycles. The van der Waals surface area contributed by atoms with Crippen molar-refractivity contribution in [1.29, 1.82) is 0 Å². The van der Waals surface area contributed by atoms with Crippen LogP contribution in [0.4, 0.5) is 0 Å². The first-order chi connectivity index (χ1) is 8.72. The standard InChI is InChI=1S/C15H24N2O/c1-17(2)14(6-3-9-16)12-7-8-15-13(11-12)5-4-10-18-15/h7-8,11,14H,3-6,9-10,16H2,1-2H3. The fraction of sp³-hybridized carbons (Fsp3) is 0.600. The van der Waals surface area contributed by atoms with E-state index >= 15 is 0 Å². The lowest BCUT2D eigenvalue weighted by Crippen LogP contribution is -2.21. The van der Waals surface area contributed by atoms with Crippen molar-refractivity contribution in [3.63, 3.8) is 0 Å². The van der Waals surface area contributed by atoms with Crippen LogP contribution in [0.5, 0.6) is 5.75 Å². The van der Waals surface area contributed by atoms with Gasteiger partial charge in [0.05, 0.1) is 6.61 Å². The van der Waals surface area contributed by atoms with E-state index in [0.29, 0.717) is 6.04 Å². The third-order valence-electron chi connectivity index (χ3n) is 3.62. The second kappa shape index (κ2) is 6.21. The molecule has 0 fully saturated rings. The zero-order valence-electron chi connectivity index (χ0n) is 11.5. The summed E-state index contributed by atoms with van der Waals surface area (Å²) in [6.45, 7) is 1.62. The number of nitrogens with zero attached hydrogens (tertiary/aromatic N) is 1. The number of hydrogen-bond acceptors (Lipinski definition) is 3. The lowest BCUT2D eigenvalue weighted by atomic mass is 9.96. The molecule has 1 heterocycles. The highest BCUT2D eigenvalue weighted by atomic mass is 16.5. The Kier molecular flexibility index (Phi) is 4.61.